The summed E-state index contributed by atoms with van der Waals surface area (Å²) in [5, 5.41) is 5.47. The van der Waals surface area contributed by atoms with Gasteiger partial charge in [0.05, 0.1) is 0 Å². The first kappa shape index (κ1) is 20.5. The lowest BCUT2D eigenvalue weighted by molar-refractivity contribution is -0.124. The monoisotopic (exact) mass is 378 g/mol. The fourth-order valence-electron chi connectivity index (χ4n) is 2.64. The minimum Gasteiger partial charge on any atom is -0.354 e. The van der Waals surface area contributed by atoms with E-state index in [1.807, 2.05) is 13.8 Å². The number of carbonyl (C=O) groups excluding carboxylic acids is 2. The normalized spacial score (nSPS) is 13.2. The van der Waals surface area contributed by atoms with Crippen LogP contribution in [0.4, 0.5) is 8.78 Å². The Kier molecular flexibility index (Phi) is 7.45. The molecule has 0 aliphatic rings. The summed E-state index contributed by atoms with van der Waals surface area (Å²) in [4.78, 5) is 28.8. The van der Waals surface area contributed by atoms with Crippen LogP contribution in [0.5, 0.6) is 0 Å². The lowest BCUT2D eigenvalue weighted by atomic mass is 9.97. The van der Waals surface area contributed by atoms with Gasteiger partial charge < -0.3 is 10.6 Å². The standard InChI is InChI=1S/C19H24F2N4O2/c1-3-13(2)16(24-17(26)14-7-5-4-6-8-14)18(27)23-10-9-15-22-11-12-25(15)19(20)21/h4-8,11-13,16,19H,3,9-10H2,1-2H3,(H,23,27)(H,24,26). The highest BCUT2D eigenvalue weighted by Crippen LogP contribution is 2.13. The van der Waals surface area contributed by atoms with Crippen LogP contribution >= 0.6 is 0 Å². The van der Waals surface area contributed by atoms with Crippen LogP contribution in [0.15, 0.2) is 42.7 Å². The fourth-order valence-corrected chi connectivity index (χ4v) is 2.64. The molecule has 0 bridgehead atoms. The van der Waals surface area contributed by atoms with Gasteiger partial charge >= 0.3 is 6.55 Å². The molecule has 8 heteroatoms. The molecule has 2 aromatic rings. The first-order chi connectivity index (χ1) is 12.9. The van der Waals surface area contributed by atoms with Gasteiger partial charge in [-0.3, -0.25) is 14.2 Å². The molecule has 27 heavy (non-hydrogen) atoms. The Morgan fingerprint density at radius 1 is 1.22 bits per heavy atom. The number of carbonyl (C=O) groups is 2. The third kappa shape index (κ3) is 5.60. The molecule has 0 saturated carbocycles. The number of hydrogen-bond acceptors (Lipinski definition) is 3. The van der Waals surface area contributed by atoms with Gasteiger partial charge in [0.15, 0.2) is 0 Å². The number of nitrogens with zero attached hydrogens (tertiary/aromatic N) is 2. The molecule has 0 aliphatic heterocycles. The van der Waals surface area contributed by atoms with Crippen LogP contribution in [-0.4, -0.2) is 34.0 Å². The SMILES string of the molecule is CCC(C)C(NC(=O)c1ccccc1)C(=O)NCCc1nccn1C(F)F. The first-order valence-corrected chi connectivity index (χ1v) is 8.87. The number of hydrogen-bond donors (Lipinski definition) is 2. The van der Waals surface area contributed by atoms with Gasteiger partial charge in [0.2, 0.25) is 5.91 Å². The molecule has 0 spiro atoms. The lowest BCUT2D eigenvalue weighted by Gasteiger charge is -2.23. The van der Waals surface area contributed by atoms with Crippen LogP contribution in [0.25, 0.3) is 0 Å². The number of aromatic nitrogens is 2. The molecule has 1 heterocycles. The summed E-state index contributed by atoms with van der Waals surface area (Å²) in [5.74, 6) is -0.562. The van der Waals surface area contributed by atoms with E-state index in [1.165, 1.54) is 12.4 Å². The highest BCUT2D eigenvalue weighted by Gasteiger charge is 2.26. The molecular formula is C19H24F2N4O2. The highest BCUT2D eigenvalue weighted by atomic mass is 19.3. The maximum absolute atomic E-state index is 12.8. The van der Waals surface area contributed by atoms with Gasteiger partial charge in [0.1, 0.15) is 11.9 Å². The summed E-state index contributed by atoms with van der Waals surface area (Å²) in [6, 6.07) is 7.93. The molecule has 2 rings (SSSR count). The van der Waals surface area contributed by atoms with E-state index in [0.717, 1.165) is 4.57 Å². The topological polar surface area (TPSA) is 76.0 Å². The van der Waals surface area contributed by atoms with Crippen molar-refractivity contribution in [1.82, 2.24) is 20.2 Å². The van der Waals surface area contributed by atoms with Gasteiger partial charge in [-0.05, 0) is 18.1 Å². The Bertz CT molecular complexity index is 749. The Hall–Kier alpha value is -2.77. The van der Waals surface area contributed by atoms with Crippen molar-refractivity contribution in [2.24, 2.45) is 5.92 Å². The quantitative estimate of drug-likeness (QED) is 0.705. The van der Waals surface area contributed by atoms with Crippen molar-refractivity contribution in [2.45, 2.75) is 39.3 Å². The lowest BCUT2D eigenvalue weighted by Crippen LogP contribution is -2.50. The van der Waals surface area contributed by atoms with E-state index in [-0.39, 0.29) is 36.5 Å². The summed E-state index contributed by atoms with van der Waals surface area (Å²) >= 11 is 0. The van der Waals surface area contributed by atoms with E-state index < -0.39 is 12.6 Å². The molecule has 2 atom stereocenters. The zero-order chi connectivity index (χ0) is 19.8. The molecule has 2 amide bonds. The van der Waals surface area contributed by atoms with Crippen LogP contribution in [0, 0.1) is 5.92 Å². The average Bonchev–Trinajstić information content (AvgIpc) is 3.14. The molecule has 0 radical (unpaired) electrons. The minimum atomic E-state index is -2.67. The van der Waals surface area contributed by atoms with Crippen molar-refractivity contribution >= 4 is 11.8 Å². The van der Waals surface area contributed by atoms with Crippen LogP contribution < -0.4 is 10.6 Å². The van der Waals surface area contributed by atoms with Gasteiger partial charge in [-0.15, -0.1) is 0 Å². The third-order valence-corrected chi connectivity index (χ3v) is 4.43. The van der Waals surface area contributed by atoms with Crippen molar-refractivity contribution in [1.29, 1.82) is 0 Å². The van der Waals surface area contributed by atoms with Crippen LogP contribution in [0.2, 0.25) is 0 Å². The van der Waals surface area contributed by atoms with E-state index in [0.29, 0.717) is 12.0 Å². The first-order valence-electron chi connectivity index (χ1n) is 8.87. The fraction of sp³-hybridized carbons (Fsp3) is 0.421. The summed E-state index contributed by atoms with van der Waals surface area (Å²) in [6.45, 7) is 1.28. The predicted molar refractivity (Wildman–Crippen MR) is 97.3 cm³/mol. The highest BCUT2D eigenvalue weighted by molar-refractivity contribution is 5.97. The maximum atomic E-state index is 12.8. The second kappa shape index (κ2) is 9.80. The Morgan fingerprint density at radius 3 is 2.56 bits per heavy atom. The summed E-state index contributed by atoms with van der Waals surface area (Å²) in [5.41, 5.74) is 0.470. The summed E-state index contributed by atoms with van der Waals surface area (Å²) in [6.07, 6.45) is 3.36. The van der Waals surface area contributed by atoms with E-state index >= 15 is 0 Å². The summed E-state index contributed by atoms with van der Waals surface area (Å²) in [7, 11) is 0. The van der Waals surface area contributed by atoms with Gasteiger partial charge in [-0.2, -0.15) is 8.78 Å². The molecule has 1 aromatic carbocycles. The number of amides is 2. The molecule has 2 unspecified atom stereocenters. The van der Waals surface area contributed by atoms with Crippen LogP contribution in [0.1, 0.15) is 43.0 Å². The Morgan fingerprint density at radius 2 is 1.93 bits per heavy atom. The van der Waals surface area contributed by atoms with E-state index in [2.05, 4.69) is 15.6 Å². The number of benzene rings is 1. The second-order valence-electron chi connectivity index (χ2n) is 6.27. The number of alkyl halides is 2. The van der Waals surface area contributed by atoms with E-state index in [4.69, 9.17) is 0 Å². The zero-order valence-corrected chi connectivity index (χ0v) is 15.4. The molecule has 0 fully saturated rings. The smallest absolute Gasteiger partial charge is 0.319 e. The van der Waals surface area contributed by atoms with Crippen LogP contribution in [0.3, 0.4) is 0 Å². The van der Waals surface area contributed by atoms with Gasteiger partial charge in [0.25, 0.3) is 5.91 Å². The number of nitrogens with one attached hydrogen (secondary N) is 2. The Balaban J connectivity index is 1.96. The number of imidazole rings is 1. The van der Waals surface area contributed by atoms with Gasteiger partial charge in [-0.25, -0.2) is 4.98 Å². The molecule has 1 aromatic heterocycles. The van der Waals surface area contributed by atoms with Crippen LogP contribution in [-0.2, 0) is 11.2 Å². The Labute approximate surface area is 157 Å². The van der Waals surface area contributed by atoms with Crippen molar-refractivity contribution in [3.05, 3.63) is 54.1 Å². The van der Waals surface area contributed by atoms with E-state index in [1.54, 1.807) is 30.3 Å². The van der Waals surface area contributed by atoms with Crippen molar-refractivity contribution < 1.29 is 18.4 Å². The average molecular weight is 378 g/mol. The molecule has 6 nitrogen and oxygen atoms in total. The van der Waals surface area contributed by atoms with Crippen molar-refractivity contribution in [3.8, 4) is 0 Å². The van der Waals surface area contributed by atoms with Crippen molar-refractivity contribution in [3.63, 3.8) is 0 Å². The maximum Gasteiger partial charge on any atom is 0.319 e. The molecule has 146 valence electrons. The largest absolute Gasteiger partial charge is 0.354 e. The summed E-state index contributed by atoms with van der Waals surface area (Å²) < 4.78 is 26.4. The molecular weight excluding hydrogens is 354 g/mol. The van der Waals surface area contributed by atoms with E-state index in [9.17, 15) is 18.4 Å². The second-order valence-corrected chi connectivity index (χ2v) is 6.27. The zero-order valence-electron chi connectivity index (χ0n) is 15.4. The van der Waals surface area contributed by atoms with Gasteiger partial charge in [0, 0.05) is 30.9 Å². The van der Waals surface area contributed by atoms with Crippen molar-refractivity contribution in [2.75, 3.05) is 6.54 Å². The third-order valence-electron chi connectivity index (χ3n) is 4.43. The number of halogens is 2. The molecule has 2 N–H and O–H groups in total. The molecule has 0 aliphatic carbocycles. The predicted octanol–water partition coefficient (Wildman–Crippen LogP) is 2.78. The minimum absolute atomic E-state index is 0.0827. The van der Waals surface area contributed by atoms with Gasteiger partial charge in [-0.1, -0.05) is 38.5 Å². The number of rotatable bonds is 9. The molecule has 0 saturated heterocycles.